The van der Waals surface area contributed by atoms with Gasteiger partial charge in [-0.25, -0.2) is 0 Å². The number of halogens is 2. The minimum absolute atomic E-state index is 0.00758. The fourth-order valence-electron chi connectivity index (χ4n) is 3.20. The second-order valence-electron chi connectivity index (χ2n) is 6.32. The standard InChI is InChI=1S/C19H22F2N2O2S/c1-13-16-8-11-26-17(16)7-10-23(13)12-18(24)22-9-6-14-2-4-15(5-3-14)25-19(20)21/h2-5,8,11,13,19H,6-7,9-10,12H2,1H3,(H,22,24). The molecule has 0 fully saturated rings. The Balaban J connectivity index is 1.42. The molecule has 1 atom stereocenters. The first-order valence-electron chi connectivity index (χ1n) is 8.63. The molecular formula is C19H22F2N2O2S. The van der Waals surface area contributed by atoms with Gasteiger partial charge in [0.05, 0.1) is 6.54 Å². The van der Waals surface area contributed by atoms with Crippen LogP contribution in [-0.4, -0.2) is 37.1 Å². The van der Waals surface area contributed by atoms with E-state index in [0.29, 0.717) is 19.5 Å². The van der Waals surface area contributed by atoms with E-state index in [0.717, 1.165) is 18.5 Å². The summed E-state index contributed by atoms with van der Waals surface area (Å²) in [5.74, 6) is 0.146. The van der Waals surface area contributed by atoms with E-state index in [1.807, 2.05) is 0 Å². The Morgan fingerprint density at radius 3 is 2.85 bits per heavy atom. The molecule has 2 heterocycles. The summed E-state index contributed by atoms with van der Waals surface area (Å²) in [7, 11) is 0. The Bertz CT molecular complexity index is 733. The summed E-state index contributed by atoms with van der Waals surface area (Å²) in [6, 6.07) is 8.89. The van der Waals surface area contributed by atoms with Crippen LogP contribution in [-0.2, 0) is 17.6 Å². The third-order valence-corrected chi connectivity index (χ3v) is 5.63. The fourth-order valence-corrected chi connectivity index (χ4v) is 4.16. The smallest absolute Gasteiger partial charge is 0.387 e. The van der Waals surface area contributed by atoms with Gasteiger partial charge in [-0.2, -0.15) is 8.78 Å². The molecule has 1 N–H and O–H groups in total. The molecule has 0 aliphatic carbocycles. The van der Waals surface area contributed by atoms with Crippen LogP contribution >= 0.6 is 11.3 Å². The number of alkyl halides is 2. The number of carbonyl (C=O) groups is 1. The van der Waals surface area contributed by atoms with Gasteiger partial charge in [-0.1, -0.05) is 12.1 Å². The zero-order chi connectivity index (χ0) is 18.5. The molecule has 1 aromatic heterocycles. The highest BCUT2D eigenvalue weighted by Crippen LogP contribution is 2.32. The summed E-state index contributed by atoms with van der Waals surface area (Å²) in [5.41, 5.74) is 2.29. The van der Waals surface area contributed by atoms with Crippen molar-refractivity contribution in [2.75, 3.05) is 19.6 Å². The molecule has 1 amide bonds. The van der Waals surface area contributed by atoms with Gasteiger partial charge in [0.1, 0.15) is 5.75 Å². The average molecular weight is 380 g/mol. The number of nitrogens with zero attached hydrogens (tertiary/aromatic N) is 1. The zero-order valence-electron chi connectivity index (χ0n) is 14.6. The number of thiophene rings is 1. The highest BCUT2D eigenvalue weighted by Gasteiger charge is 2.25. The fraction of sp³-hybridized carbons (Fsp3) is 0.421. The molecule has 2 aromatic rings. The van der Waals surface area contributed by atoms with Gasteiger partial charge in [-0.05, 0) is 54.5 Å². The van der Waals surface area contributed by atoms with Crippen LogP contribution < -0.4 is 10.1 Å². The van der Waals surface area contributed by atoms with Crippen LogP contribution in [0.2, 0.25) is 0 Å². The molecular weight excluding hydrogens is 358 g/mol. The molecule has 0 spiro atoms. The van der Waals surface area contributed by atoms with Crippen molar-refractivity contribution >= 4 is 17.2 Å². The SMILES string of the molecule is CC1c2ccsc2CCN1CC(=O)NCCc1ccc(OC(F)F)cc1. The van der Waals surface area contributed by atoms with Crippen LogP contribution in [0.25, 0.3) is 0 Å². The van der Waals surface area contributed by atoms with Crippen molar-refractivity contribution in [2.45, 2.75) is 32.4 Å². The van der Waals surface area contributed by atoms with Crippen molar-refractivity contribution in [3.8, 4) is 5.75 Å². The van der Waals surface area contributed by atoms with E-state index in [9.17, 15) is 13.6 Å². The van der Waals surface area contributed by atoms with Crippen molar-refractivity contribution in [2.24, 2.45) is 0 Å². The Morgan fingerprint density at radius 2 is 2.12 bits per heavy atom. The monoisotopic (exact) mass is 380 g/mol. The lowest BCUT2D eigenvalue weighted by molar-refractivity contribution is -0.122. The first kappa shape index (κ1) is 18.8. The second-order valence-corrected chi connectivity index (χ2v) is 7.32. The Hall–Kier alpha value is -1.99. The van der Waals surface area contributed by atoms with Crippen LogP contribution in [0.5, 0.6) is 5.75 Å². The third kappa shape index (κ3) is 4.80. The number of nitrogens with one attached hydrogen (secondary N) is 1. The molecule has 0 saturated carbocycles. The highest BCUT2D eigenvalue weighted by molar-refractivity contribution is 7.10. The third-order valence-electron chi connectivity index (χ3n) is 4.63. The quantitative estimate of drug-likeness (QED) is 0.798. The van der Waals surface area contributed by atoms with E-state index >= 15 is 0 Å². The summed E-state index contributed by atoms with van der Waals surface area (Å²) in [5, 5.41) is 5.05. The largest absolute Gasteiger partial charge is 0.435 e. The lowest BCUT2D eigenvalue weighted by Crippen LogP contribution is -2.41. The summed E-state index contributed by atoms with van der Waals surface area (Å²) >= 11 is 1.79. The van der Waals surface area contributed by atoms with Crippen LogP contribution in [0.4, 0.5) is 8.78 Å². The molecule has 3 rings (SSSR count). The zero-order valence-corrected chi connectivity index (χ0v) is 15.4. The maximum absolute atomic E-state index is 12.2. The number of ether oxygens (including phenoxy) is 1. The van der Waals surface area contributed by atoms with Crippen LogP contribution in [0, 0.1) is 0 Å². The van der Waals surface area contributed by atoms with Crippen molar-refractivity contribution < 1.29 is 18.3 Å². The maximum atomic E-state index is 12.2. The van der Waals surface area contributed by atoms with E-state index in [1.165, 1.54) is 22.6 Å². The molecule has 0 radical (unpaired) electrons. The second kappa shape index (κ2) is 8.60. The van der Waals surface area contributed by atoms with Gasteiger partial charge >= 0.3 is 6.61 Å². The van der Waals surface area contributed by atoms with Gasteiger partial charge in [-0.3, -0.25) is 9.69 Å². The van der Waals surface area contributed by atoms with Crippen molar-refractivity contribution in [3.63, 3.8) is 0 Å². The topological polar surface area (TPSA) is 41.6 Å². The maximum Gasteiger partial charge on any atom is 0.387 e. The van der Waals surface area contributed by atoms with Crippen LogP contribution in [0.3, 0.4) is 0 Å². The van der Waals surface area contributed by atoms with E-state index < -0.39 is 6.61 Å². The van der Waals surface area contributed by atoms with Gasteiger partial charge in [0.25, 0.3) is 0 Å². The van der Waals surface area contributed by atoms with Crippen LogP contribution in [0.1, 0.15) is 29.0 Å². The average Bonchev–Trinajstić information content (AvgIpc) is 3.08. The molecule has 1 aliphatic heterocycles. The van der Waals surface area contributed by atoms with Gasteiger partial charge in [-0.15, -0.1) is 11.3 Å². The Morgan fingerprint density at radius 1 is 1.35 bits per heavy atom. The molecule has 1 aromatic carbocycles. The lowest BCUT2D eigenvalue weighted by Gasteiger charge is -2.32. The molecule has 7 heteroatoms. The number of hydrogen-bond acceptors (Lipinski definition) is 4. The molecule has 26 heavy (non-hydrogen) atoms. The van der Waals surface area contributed by atoms with Gasteiger partial charge in [0.2, 0.25) is 5.91 Å². The number of rotatable bonds is 7. The van der Waals surface area contributed by atoms with Gasteiger partial charge in [0, 0.05) is 24.0 Å². The molecule has 140 valence electrons. The normalized spacial score (nSPS) is 17.2. The van der Waals surface area contributed by atoms with Gasteiger partial charge in [0.15, 0.2) is 0 Å². The first-order chi connectivity index (χ1) is 12.5. The summed E-state index contributed by atoms with van der Waals surface area (Å²) in [4.78, 5) is 15.8. The first-order valence-corrected chi connectivity index (χ1v) is 9.51. The molecule has 4 nitrogen and oxygen atoms in total. The molecule has 0 bridgehead atoms. The number of fused-ring (bicyclic) bond motifs is 1. The highest BCUT2D eigenvalue weighted by atomic mass is 32.1. The predicted octanol–water partition coefficient (Wildman–Crippen LogP) is 3.63. The Labute approximate surface area is 155 Å². The minimum atomic E-state index is -2.82. The van der Waals surface area contributed by atoms with Crippen molar-refractivity contribution in [1.82, 2.24) is 10.2 Å². The van der Waals surface area contributed by atoms with E-state index in [-0.39, 0.29) is 17.7 Å². The molecule has 0 saturated heterocycles. The van der Waals surface area contributed by atoms with Crippen LogP contribution in [0.15, 0.2) is 35.7 Å². The molecule has 1 aliphatic rings. The summed E-state index contributed by atoms with van der Waals surface area (Å²) in [6.45, 7) is 1.12. The molecule has 1 unspecified atom stereocenters. The van der Waals surface area contributed by atoms with Gasteiger partial charge < -0.3 is 10.1 Å². The number of hydrogen-bond donors (Lipinski definition) is 1. The lowest BCUT2D eigenvalue weighted by atomic mass is 10.0. The minimum Gasteiger partial charge on any atom is -0.435 e. The number of amides is 1. The number of carbonyl (C=O) groups excluding carboxylic acids is 1. The Kier molecular flexibility index (Phi) is 6.21. The summed E-state index contributed by atoms with van der Waals surface area (Å²) < 4.78 is 28.6. The van der Waals surface area contributed by atoms with E-state index in [1.54, 1.807) is 23.5 Å². The van der Waals surface area contributed by atoms with E-state index in [4.69, 9.17) is 0 Å². The van der Waals surface area contributed by atoms with Crippen molar-refractivity contribution in [1.29, 1.82) is 0 Å². The van der Waals surface area contributed by atoms with E-state index in [2.05, 4.69) is 33.3 Å². The summed E-state index contributed by atoms with van der Waals surface area (Å²) in [6.07, 6.45) is 1.64. The predicted molar refractivity (Wildman–Crippen MR) is 97.8 cm³/mol. The van der Waals surface area contributed by atoms with Crippen molar-refractivity contribution in [3.05, 3.63) is 51.7 Å². The number of benzene rings is 1.